The minimum Gasteiger partial charge on any atom is -0.508 e. The Hall–Kier alpha value is -11.4. The Morgan fingerprint density at radius 3 is 1.84 bits per heavy atom. The number of carbonyl (C=O) groups excluding carboxylic acids is 10. The molecular weight excluding hydrogens is 1630 g/mol. The van der Waals surface area contributed by atoms with Crippen LogP contribution in [0.2, 0.25) is 0 Å². The molecule has 10 atom stereocenters. The number of phenolic OH excluding ortho intramolecular Hbond substituents is 1. The number of carbonyl (C=O) groups is 13. The summed E-state index contributed by atoms with van der Waals surface area (Å²) in [6, 6.07) is 10.7. The number of phenols is 1. The molecule has 3 aromatic carbocycles. The molecule has 0 bridgehead atoms. The number of rotatable bonds is 28. The van der Waals surface area contributed by atoms with Gasteiger partial charge >= 0.3 is 29.8 Å². The zero-order chi connectivity index (χ0) is 87.9. The summed E-state index contributed by atoms with van der Waals surface area (Å²) in [6.07, 6.45) is -7.35. The SMILES string of the molecule is C[C@@H](O)C1NC(=O)[C@H](CCCCN)NC(=O)[C@@H](Cc2cc3ccccc3[nH]2)NC(=O)C(Cc2ccc(O)cc2)NC(=O)C(NC(=O)[C@@H](Cc2ccccc2)NC(=O)CN2CCN(CC(=O)O)CCN(C(=O)CCNC(=O)c3ncn4c(=O)n(C)nnc34)CCN(CC(=O)O)CC2)CSSC[C@@H](C(=O)N[C@H](CO)[C@@H](C)O)NC1=O.O=C(O)C(F)(F)F. The minimum absolute atomic E-state index is 0.00909. The molecule has 654 valence electrons. The van der Waals surface area contributed by atoms with E-state index >= 15 is 14.4 Å². The monoisotopic (exact) mass is 1720 g/mol. The number of carboxylic acid groups (broad SMARTS) is 3. The van der Waals surface area contributed by atoms with Gasteiger partial charge in [-0.3, -0.25) is 72.2 Å². The van der Waals surface area contributed by atoms with Gasteiger partial charge in [-0.1, -0.05) is 87.5 Å². The van der Waals surface area contributed by atoms with E-state index in [9.17, 15) is 91.8 Å². The molecule has 6 aromatic rings. The van der Waals surface area contributed by atoms with Gasteiger partial charge in [0.15, 0.2) is 11.3 Å². The Kier molecular flexibility index (Phi) is 37.4. The molecule has 3 aromatic heterocycles. The number of nitrogens with one attached hydrogen (secondary N) is 10. The lowest BCUT2D eigenvalue weighted by atomic mass is 10.0. The van der Waals surface area contributed by atoms with Crippen molar-refractivity contribution in [2.24, 2.45) is 12.8 Å². The van der Waals surface area contributed by atoms with E-state index in [-0.39, 0.29) is 127 Å². The highest BCUT2D eigenvalue weighted by atomic mass is 33.1. The van der Waals surface area contributed by atoms with E-state index < -0.39 is 181 Å². The van der Waals surface area contributed by atoms with E-state index in [1.54, 1.807) is 59.5 Å². The van der Waals surface area contributed by atoms with Gasteiger partial charge in [-0.05, 0) is 80.4 Å². The number of amides is 10. The number of nitrogens with two attached hydrogens (primary N) is 1. The quantitative estimate of drug-likeness (QED) is 0.0163. The Morgan fingerprint density at radius 2 is 1.25 bits per heavy atom. The average molecular weight is 1730 g/mol. The fraction of sp³-hybridized carbons (Fsp3) is 0.500. The second kappa shape index (κ2) is 46.8. The van der Waals surface area contributed by atoms with Crippen molar-refractivity contribution in [3.8, 4) is 5.75 Å². The van der Waals surface area contributed by atoms with Crippen molar-refractivity contribution in [2.45, 2.75) is 126 Å². The van der Waals surface area contributed by atoms with Gasteiger partial charge in [-0.15, -0.1) is 5.10 Å². The number of hydrogen-bond acceptors (Lipinski definition) is 27. The van der Waals surface area contributed by atoms with Crippen LogP contribution < -0.4 is 59.3 Å². The van der Waals surface area contributed by atoms with Gasteiger partial charge in [0.25, 0.3) is 5.91 Å². The van der Waals surface area contributed by atoms with Crippen LogP contribution in [-0.2, 0) is 83.8 Å². The first-order valence-corrected chi connectivity index (χ1v) is 40.5. The lowest BCUT2D eigenvalue weighted by molar-refractivity contribution is -0.192. The summed E-state index contributed by atoms with van der Waals surface area (Å²) in [6.45, 7) is 0.0977. The third kappa shape index (κ3) is 30.4. The topological polar surface area (TPSA) is 592 Å². The summed E-state index contributed by atoms with van der Waals surface area (Å²) in [7, 11) is 3.14. The van der Waals surface area contributed by atoms with Crippen molar-refractivity contribution < 1.29 is 111 Å². The molecule has 5 heterocycles. The molecule has 120 heavy (non-hydrogen) atoms. The highest BCUT2D eigenvalue weighted by Gasteiger charge is 2.40. The van der Waals surface area contributed by atoms with Crippen LogP contribution in [0.5, 0.6) is 5.75 Å². The number of aromatic amines is 1. The standard InChI is InChI=1S/C72H98N20O19S2.C2HF3O2/c1-42(94)54(38-93)81-69(108)56-40-113-112-39-55(68(107)79-52(32-45-16-18-48(96)19-17-45)66(105)80-53(34-47-33-46-13-7-8-14-49(46)76-47)67(106)78-50(15-9-10-21-73)64(103)84-61(43(2)95)71(110)83-56)82-65(104)51(31-44-11-5-4-6-12-44)77-57(97)35-88-23-25-89(36-59(99)100)27-29-91(30-28-90(26-24-88)37-60(101)102)58(98)20-22-74-70(109)62-63-85-86-87(3)72(111)92(63)41-75-62;3-2(4,5)1(6)7/h4-8,11-14,16-19,33,41-43,50-56,61,76,93-96H,9-10,15,20-32,34-40,73H2,1-3H3,(H,74,109)(H,77,97)(H,78,106)(H,79,107)(H,80,105)(H,81,108)(H,82,104)(H,83,110)(H,84,103)(H,99,100)(H,101,102);(H,6,7)/t42-,43-,50+,51-,52?,53-,54-,55?,56+,61?;/m1./s1. The number of aliphatic hydroxyl groups excluding tert-OH is 3. The summed E-state index contributed by atoms with van der Waals surface area (Å²) < 4.78 is 33.7. The molecule has 19 N–H and O–H groups in total. The number of nitrogens with zero attached hydrogens (tertiary/aromatic N) is 9. The summed E-state index contributed by atoms with van der Waals surface area (Å²) in [5, 5.41) is 102. The van der Waals surface area contributed by atoms with Crippen molar-refractivity contribution in [2.75, 3.05) is 103 Å². The molecule has 2 fully saturated rings. The van der Waals surface area contributed by atoms with Gasteiger partial charge in [0.05, 0.1) is 44.5 Å². The second-order valence-electron chi connectivity index (χ2n) is 28.3. The summed E-state index contributed by atoms with van der Waals surface area (Å²) >= 11 is 0. The fourth-order valence-electron chi connectivity index (χ4n) is 12.4. The molecule has 2 aliphatic heterocycles. The molecule has 3 unspecified atom stereocenters. The van der Waals surface area contributed by atoms with Gasteiger partial charge in [-0.25, -0.2) is 19.0 Å². The van der Waals surface area contributed by atoms with Crippen LogP contribution in [0.25, 0.3) is 16.6 Å². The van der Waals surface area contributed by atoms with Gasteiger partial charge < -0.3 is 99.2 Å². The summed E-state index contributed by atoms with van der Waals surface area (Å²) in [5.74, 6) is -14.8. The first kappa shape index (κ1) is 95.7. The largest absolute Gasteiger partial charge is 0.508 e. The summed E-state index contributed by atoms with van der Waals surface area (Å²) in [5.41, 5.74) is 6.97. The highest BCUT2D eigenvalue weighted by Crippen LogP contribution is 2.25. The number of aliphatic hydroxyl groups is 3. The number of aromatic nitrogens is 6. The Balaban J connectivity index is 0.00000271. The van der Waals surface area contributed by atoms with Crippen molar-refractivity contribution in [1.29, 1.82) is 0 Å². The molecule has 10 amide bonds. The van der Waals surface area contributed by atoms with E-state index in [0.717, 1.165) is 42.4 Å². The number of halogens is 3. The smallest absolute Gasteiger partial charge is 0.490 e. The number of imidazole rings is 1. The number of fused-ring (bicyclic) bond motifs is 2. The van der Waals surface area contributed by atoms with Crippen LogP contribution >= 0.6 is 21.6 Å². The zero-order valence-electron chi connectivity index (χ0n) is 65.6. The van der Waals surface area contributed by atoms with Crippen LogP contribution in [0.4, 0.5) is 13.2 Å². The maximum atomic E-state index is 15.4. The number of hydrogen-bond donors (Lipinski definition) is 18. The number of aliphatic carboxylic acids is 3. The van der Waals surface area contributed by atoms with E-state index in [0.29, 0.717) is 28.8 Å². The molecular formula is C74H99F3N20O21S2. The molecule has 2 saturated heterocycles. The number of aryl methyl sites for hydroxylation is 1. The van der Waals surface area contributed by atoms with E-state index in [4.69, 9.17) is 15.6 Å². The fourth-order valence-corrected chi connectivity index (χ4v) is 14.8. The lowest BCUT2D eigenvalue weighted by Gasteiger charge is -2.33. The highest BCUT2D eigenvalue weighted by molar-refractivity contribution is 8.76. The van der Waals surface area contributed by atoms with Gasteiger partial charge in [0.2, 0.25) is 53.2 Å². The van der Waals surface area contributed by atoms with Crippen LogP contribution in [0.1, 0.15) is 66.8 Å². The average Bonchev–Trinajstić information content (AvgIpc) is 1.66. The van der Waals surface area contributed by atoms with E-state index in [1.165, 1.54) is 59.9 Å². The Bertz CT molecular complexity index is 4520. The zero-order valence-corrected chi connectivity index (χ0v) is 67.2. The number of para-hydroxylation sites is 1. The molecule has 0 aliphatic carbocycles. The lowest BCUT2D eigenvalue weighted by Crippen LogP contribution is -2.62. The van der Waals surface area contributed by atoms with Gasteiger partial charge in [0, 0.05) is 114 Å². The molecule has 0 radical (unpaired) electrons. The molecule has 0 spiro atoms. The first-order chi connectivity index (χ1) is 57.0. The van der Waals surface area contributed by atoms with Crippen LogP contribution in [-0.4, -0.2) is 332 Å². The van der Waals surface area contributed by atoms with Gasteiger partial charge in [-0.2, -0.15) is 17.9 Å². The number of H-pyrrole nitrogens is 1. The Labute approximate surface area is 691 Å². The van der Waals surface area contributed by atoms with Crippen LogP contribution in [0.15, 0.2) is 96.1 Å². The third-order valence-electron chi connectivity index (χ3n) is 19.0. The number of benzene rings is 3. The van der Waals surface area contributed by atoms with Crippen molar-refractivity contribution in [3.05, 3.63) is 124 Å². The minimum atomic E-state index is -5.08. The number of unbranched alkanes of at least 4 members (excludes halogenated alkanes) is 1. The number of aromatic hydroxyl groups is 1. The third-order valence-corrected chi connectivity index (χ3v) is 21.4. The number of alkyl halides is 3. The summed E-state index contributed by atoms with van der Waals surface area (Å²) in [4.78, 5) is 205. The number of carboxylic acids is 3. The van der Waals surface area contributed by atoms with Gasteiger partial charge in [0.1, 0.15) is 54.4 Å². The van der Waals surface area contributed by atoms with Crippen molar-refractivity contribution >= 4 is 115 Å². The predicted octanol–water partition coefficient (Wildman–Crippen LogP) is -4.44. The maximum Gasteiger partial charge on any atom is 0.490 e. The second-order valence-corrected chi connectivity index (χ2v) is 30.8. The molecule has 8 rings (SSSR count). The van der Waals surface area contributed by atoms with E-state index in [2.05, 4.69) is 68.1 Å². The maximum absolute atomic E-state index is 15.4. The van der Waals surface area contributed by atoms with E-state index in [1.807, 2.05) is 6.07 Å². The van der Waals surface area contributed by atoms with Crippen LogP contribution in [0, 0.1) is 0 Å². The predicted molar refractivity (Wildman–Crippen MR) is 426 cm³/mol. The molecule has 46 heteroatoms. The van der Waals surface area contributed by atoms with Crippen LogP contribution in [0.3, 0.4) is 0 Å². The first-order valence-electron chi connectivity index (χ1n) is 38.0. The van der Waals surface area contributed by atoms with Crippen molar-refractivity contribution in [1.82, 2.24) is 96.8 Å². The normalized spacial score (nSPS) is 20.1. The van der Waals surface area contributed by atoms with Crippen molar-refractivity contribution in [3.63, 3.8) is 0 Å². The molecule has 41 nitrogen and oxygen atoms in total. The molecule has 2 aliphatic rings. The molecule has 0 saturated carbocycles. The Morgan fingerprint density at radius 1 is 0.675 bits per heavy atom.